The second-order valence-electron chi connectivity index (χ2n) is 4.65. The molecular formula is C11H16N2O. The minimum atomic E-state index is -0.280. The molecule has 14 heavy (non-hydrogen) atoms. The molecule has 1 heterocycles. The van der Waals surface area contributed by atoms with Gasteiger partial charge in [-0.2, -0.15) is 0 Å². The Kier molecular flexibility index (Phi) is 1.74. The number of allylic oxidation sites excluding steroid dienone is 3. The fourth-order valence-electron chi connectivity index (χ4n) is 2.40. The Labute approximate surface area is 84.3 Å². The molecule has 0 saturated carbocycles. The number of amides is 1. The normalized spacial score (nSPS) is 29.8. The molecule has 1 amide bonds. The molecule has 0 aromatic carbocycles. The number of nitrogens with zero attached hydrogens (tertiary/aromatic N) is 1. The van der Waals surface area contributed by atoms with Gasteiger partial charge in [0.25, 0.3) is 0 Å². The SMILES string of the molecule is CN1C(=O)C(C)(C)C2CC=C(N)C=C21. The summed E-state index contributed by atoms with van der Waals surface area (Å²) in [6, 6.07) is 0. The summed E-state index contributed by atoms with van der Waals surface area (Å²) in [4.78, 5) is 13.7. The molecule has 2 rings (SSSR count). The summed E-state index contributed by atoms with van der Waals surface area (Å²) < 4.78 is 0. The highest BCUT2D eigenvalue weighted by Crippen LogP contribution is 2.46. The molecule has 1 aliphatic heterocycles. The van der Waals surface area contributed by atoms with E-state index in [0.29, 0.717) is 5.92 Å². The molecule has 0 aromatic heterocycles. The molecule has 1 aliphatic carbocycles. The predicted molar refractivity (Wildman–Crippen MR) is 55.0 cm³/mol. The molecule has 1 fully saturated rings. The number of hydrogen-bond acceptors (Lipinski definition) is 2. The van der Waals surface area contributed by atoms with Crippen LogP contribution in [0.25, 0.3) is 0 Å². The first-order chi connectivity index (χ1) is 6.44. The fourth-order valence-corrected chi connectivity index (χ4v) is 2.40. The van der Waals surface area contributed by atoms with Gasteiger partial charge in [0.05, 0.1) is 5.41 Å². The van der Waals surface area contributed by atoms with Crippen molar-refractivity contribution < 1.29 is 4.79 Å². The van der Waals surface area contributed by atoms with E-state index in [9.17, 15) is 4.79 Å². The van der Waals surface area contributed by atoms with E-state index in [0.717, 1.165) is 17.8 Å². The predicted octanol–water partition coefficient (Wildman–Crippen LogP) is 1.23. The first-order valence-electron chi connectivity index (χ1n) is 4.90. The average Bonchev–Trinajstić information content (AvgIpc) is 2.28. The van der Waals surface area contributed by atoms with Crippen LogP contribution in [0.5, 0.6) is 0 Å². The molecule has 1 atom stereocenters. The summed E-state index contributed by atoms with van der Waals surface area (Å²) in [6.07, 6.45) is 4.80. The molecule has 2 N–H and O–H groups in total. The zero-order chi connectivity index (χ0) is 10.5. The summed E-state index contributed by atoms with van der Waals surface area (Å²) in [6.45, 7) is 4.01. The van der Waals surface area contributed by atoms with Gasteiger partial charge >= 0.3 is 0 Å². The van der Waals surface area contributed by atoms with Gasteiger partial charge in [0.2, 0.25) is 5.91 Å². The first kappa shape index (κ1) is 9.31. The minimum Gasteiger partial charge on any atom is -0.399 e. The van der Waals surface area contributed by atoms with Crippen molar-refractivity contribution >= 4 is 5.91 Å². The lowest BCUT2D eigenvalue weighted by molar-refractivity contribution is -0.133. The van der Waals surface area contributed by atoms with Crippen LogP contribution in [-0.4, -0.2) is 17.9 Å². The molecule has 76 valence electrons. The van der Waals surface area contributed by atoms with Crippen molar-refractivity contribution in [2.75, 3.05) is 7.05 Å². The van der Waals surface area contributed by atoms with E-state index in [-0.39, 0.29) is 11.3 Å². The van der Waals surface area contributed by atoms with Crippen LogP contribution >= 0.6 is 0 Å². The smallest absolute Gasteiger partial charge is 0.232 e. The summed E-state index contributed by atoms with van der Waals surface area (Å²) in [5.74, 6) is 0.490. The van der Waals surface area contributed by atoms with Gasteiger partial charge in [-0.25, -0.2) is 0 Å². The Morgan fingerprint density at radius 2 is 2.21 bits per heavy atom. The van der Waals surface area contributed by atoms with Crippen LogP contribution in [0.4, 0.5) is 0 Å². The van der Waals surface area contributed by atoms with Crippen molar-refractivity contribution in [2.45, 2.75) is 20.3 Å². The van der Waals surface area contributed by atoms with Gasteiger partial charge in [0.1, 0.15) is 0 Å². The Bertz CT molecular complexity index is 352. The van der Waals surface area contributed by atoms with E-state index >= 15 is 0 Å². The van der Waals surface area contributed by atoms with Crippen LogP contribution < -0.4 is 5.73 Å². The number of carbonyl (C=O) groups is 1. The van der Waals surface area contributed by atoms with E-state index in [4.69, 9.17) is 5.73 Å². The van der Waals surface area contributed by atoms with Gasteiger partial charge < -0.3 is 10.6 Å². The lowest BCUT2D eigenvalue weighted by Gasteiger charge is -2.24. The maximum absolute atomic E-state index is 11.9. The van der Waals surface area contributed by atoms with E-state index in [2.05, 4.69) is 0 Å². The number of rotatable bonds is 0. The van der Waals surface area contributed by atoms with Gasteiger partial charge in [-0.05, 0) is 12.5 Å². The minimum absolute atomic E-state index is 0.192. The monoisotopic (exact) mass is 192 g/mol. The van der Waals surface area contributed by atoms with Crippen LogP contribution in [-0.2, 0) is 4.79 Å². The van der Waals surface area contributed by atoms with Crippen LogP contribution in [0.3, 0.4) is 0 Å². The van der Waals surface area contributed by atoms with Crippen molar-refractivity contribution in [3.63, 3.8) is 0 Å². The van der Waals surface area contributed by atoms with Crippen molar-refractivity contribution in [1.29, 1.82) is 0 Å². The Hall–Kier alpha value is -1.25. The molecule has 0 radical (unpaired) electrons. The van der Waals surface area contributed by atoms with E-state index in [1.54, 1.807) is 4.90 Å². The third-order valence-electron chi connectivity index (χ3n) is 3.38. The highest BCUT2D eigenvalue weighted by Gasteiger charge is 2.49. The van der Waals surface area contributed by atoms with E-state index < -0.39 is 0 Å². The van der Waals surface area contributed by atoms with Crippen molar-refractivity contribution in [2.24, 2.45) is 17.1 Å². The zero-order valence-electron chi connectivity index (χ0n) is 8.87. The quantitative estimate of drug-likeness (QED) is 0.627. The number of likely N-dealkylation sites (tertiary alicyclic amines) is 1. The van der Waals surface area contributed by atoms with Crippen LogP contribution in [0.2, 0.25) is 0 Å². The van der Waals surface area contributed by atoms with Crippen LogP contribution in [0.15, 0.2) is 23.5 Å². The first-order valence-corrected chi connectivity index (χ1v) is 4.90. The second-order valence-corrected chi connectivity index (χ2v) is 4.65. The van der Waals surface area contributed by atoms with Gasteiger partial charge in [-0.1, -0.05) is 19.9 Å². The Morgan fingerprint density at radius 1 is 1.57 bits per heavy atom. The highest BCUT2D eigenvalue weighted by atomic mass is 16.2. The second kappa shape index (κ2) is 2.62. The van der Waals surface area contributed by atoms with Crippen molar-refractivity contribution in [3.05, 3.63) is 23.5 Å². The number of nitrogens with two attached hydrogens (primary N) is 1. The topological polar surface area (TPSA) is 46.3 Å². The molecule has 3 nitrogen and oxygen atoms in total. The molecular weight excluding hydrogens is 176 g/mol. The van der Waals surface area contributed by atoms with Gasteiger partial charge in [-0.3, -0.25) is 4.79 Å². The van der Waals surface area contributed by atoms with Crippen molar-refractivity contribution in [3.8, 4) is 0 Å². The molecule has 0 bridgehead atoms. The third kappa shape index (κ3) is 1.01. The third-order valence-corrected chi connectivity index (χ3v) is 3.38. The molecule has 0 aromatic rings. The number of fused-ring (bicyclic) bond motifs is 1. The maximum Gasteiger partial charge on any atom is 0.232 e. The van der Waals surface area contributed by atoms with Gasteiger partial charge in [0.15, 0.2) is 0 Å². The largest absolute Gasteiger partial charge is 0.399 e. The summed E-state index contributed by atoms with van der Waals surface area (Å²) >= 11 is 0. The Morgan fingerprint density at radius 3 is 2.86 bits per heavy atom. The summed E-state index contributed by atoms with van der Waals surface area (Å²) in [7, 11) is 1.83. The maximum atomic E-state index is 11.9. The standard InChI is InChI=1S/C11H16N2O/c1-11(2)8-5-4-7(12)6-9(8)13(3)10(11)14/h4,6,8H,5,12H2,1-3H3. The summed E-state index contributed by atoms with van der Waals surface area (Å²) in [5.41, 5.74) is 7.30. The highest BCUT2D eigenvalue weighted by molar-refractivity contribution is 5.87. The average molecular weight is 192 g/mol. The molecule has 3 heteroatoms. The molecule has 1 unspecified atom stereocenters. The van der Waals surface area contributed by atoms with Crippen LogP contribution in [0.1, 0.15) is 20.3 Å². The molecule has 0 spiro atoms. The number of carbonyl (C=O) groups excluding carboxylic acids is 1. The zero-order valence-corrected chi connectivity index (χ0v) is 8.87. The van der Waals surface area contributed by atoms with E-state index in [1.165, 1.54) is 0 Å². The Balaban J connectivity index is 2.46. The molecule has 1 saturated heterocycles. The number of hydrogen-bond donors (Lipinski definition) is 1. The van der Waals surface area contributed by atoms with E-state index in [1.807, 2.05) is 33.0 Å². The molecule has 2 aliphatic rings. The lowest BCUT2D eigenvalue weighted by Crippen LogP contribution is -2.29. The van der Waals surface area contributed by atoms with Gasteiger partial charge in [-0.15, -0.1) is 0 Å². The summed E-state index contributed by atoms with van der Waals surface area (Å²) in [5, 5.41) is 0. The van der Waals surface area contributed by atoms with Crippen molar-refractivity contribution in [1.82, 2.24) is 4.90 Å². The van der Waals surface area contributed by atoms with Gasteiger partial charge in [0, 0.05) is 24.4 Å². The van der Waals surface area contributed by atoms with Crippen LogP contribution in [0, 0.1) is 11.3 Å². The fraction of sp³-hybridized carbons (Fsp3) is 0.545. The lowest BCUT2D eigenvalue weighted by atomic mass is 9.76.